The molecule has 100 valence electrons. The van der Waals surface area contributed by atoms with Gasteiger partial charge in [0.2, 0.25) is 0 Å². The van der Waals surface area contributed by atoms with E-state index in [0.717, 1.165) is 5.25 Å². The number of hydrogen-bond acceptors (Lipinski definition) is 2. The first kappa shape index (κ1) is 12.9. The van der Waals surface area contributed by atoms with Crippen LogP contribution in [0, 0.1) is 0 Å². The van der Waals surface area contributed by atoms with Crippen LogP contribution in [0.25, 0.3) is 10.8 Å². The SMILES string of the molecule is CCSC1CCCC1Nc1ccc2ccccc2c1. The molecule has 19 heavy (non-hydrogen) atoms. The van der Waals surface area contributed by atoms with Crippen LogP contribution < -0.4 is 5.32 Å². The Morgan fingerprint density at radius 1 is 1.11 bits per heavy atom. The summed E-state index contributed by atoms with van der Waals surface area (Å²) in [6.07, 6.45) is 4.04. The molecule has 1 fully saturated rings. The van der Waals surface area contributed by atoms with E-state index in [1.807, 2.05) is 0 Å². The minimum absolute atomic E-state index is 0.645. The van der Waals surface area contributed by atoms with Crippen LogP contribution in [-0.4, -0.2) is 17.0 Å². The average Bonchev–Trinajstić information content (AvgIpc) is 2.86. The van der Waals surface area contributed by atoms with E-state index in [9.17, 15) is 0 Å². The molecule has 2 unspecified atom stereocenters. The molecule has 0 aromatic heterocycles. The quantitative estimate of drug-likeness (QED) is 0.846. The van der Waals surface area contributed by atoms with Crippen molar-refractivity contribution in [3.8, 4) is 0 Å². The molecule has 1 aliphatic carbocycles. The molecule has 1 aliphatic rings. The number of fused-ring (bicyclic) bond motifs is 1. The molecule has 1 N–H and O–H groups in total. The molecule has 0 aliphatic heterocycles. The summed E-state index contributed by atoms with van der Waals surface area (Å²) in [6.45, 7) is 2.26. The van der Waals surface area contributed by atoms with Gasteiger partial charge in [0, 0.05) is 17.0 Å². The number of rotatable bonds is 4. The molecule has 0 spiro atoms. The summed E-state index contributed by atoms with van der Waals surface area (Å²) in [6, 6.07) is 15.9. The van der Waals surface area contributed by atoms with Crippen LogP contribution in [0.2, 0.25) is 0 Å². The molecule has 0 heterocycles. The molecule has 2 aromatic carbocycles. The second kappa shape index (κ2) is 5.87. The number of benzene rings is 2. The zero-order chi connectivity index (χ0) is 13.1. The van der Waals surface area contributed by atoms with Gasteiger partial charge in [-0.2, -0.15) is 11.8 Å². The summed E-state index contributed by atoms with van der Waals surface area (Å²) in [5.41, 5.74) is 1.27. The van der Waals surface area contributed by atoms with Gasteiger partial charge in [0.05, 0.1) is 0 Å². The smallest absolute Gasteiger partial charge is 0.0380 e. The van der Waals surface area contributed by atoms with Gasteiger partial charge in [-0.25, -0.2) is 0 Å². The van der Waals surface area contributed by atoms with E-state index in [2.05, 4.69) is 66.5 Å². The maximum atomic E-state index is 3.75. The monoisotopic (exact) mass is 271 g/mol. The van der Waals surface area contributed by atoms with Gasteiger partial charge >= 0.3 is 0 Å². The van der Waals surface area contributed by atoms with Crippen LogP contribution in [0.3, 0.4) is 0 Å². The van der Waals surface area contributed by atoms with Crippen LogP contribution >= 0.6 is 11.8 Å². The Kier molecular flexibility index (Phi) is 3.97. The Bertz CT molecular complexity index is 552. The van der Waals surface area contributed by atoms with Crippen molar-refractivity contribution in [3.63, 3.8) is 0 Å². The number of anilines is 1. The van der Waals surface area contributed by atoms with Crippen molar-refractivity contribution in [2.24, 2.45) is 0 Å². The Morgan fingerprint density at radius 3 is 2.79 bits per heavy atom. The first-order valence-corrected chi connectivity index (χ1v) is 8.28. The third kappa shape index (κ3) is 2.89. The lowest BCUT2D eigenvalue weighted by Gasteiger charge is -2.21. The molecular formula is C17H21NS. The lowest BCUT2D eigenvalue weighted by atomic mass is 10.1. The van der Waals surface area contributed by atoms with E-state index < -0.39 is 0 Å². The first-order valence-electron chi connectivity index (χ1n) is 7.24. The van der Waals surface area contributed by atoms with Crippen LogP contribution in [0.4, 0.5) is 5.69 Å². The fourth-order valence-corrected chi connectivity index (χ4v) is 4.20. The normalized spacial score (nSPS) is 22.8. The van der Waals surface area contributed by atoms with Crippen molar-refractivity contribution in [3.05, 3.63) is 42.5 Å². The van der Waals surface area contributed by atoms with E-state index in [4.69, 9.17) is 0 Å². The molecule has 3 rings (SSSR count). The maximum absolute atomic E-state index is 3.75. The highest BCUT2D eigenvalue weighted by molar-refractivity contribution is 7.99. The Balaban J connectivity index is 1.77. The second-order valence-corrected chi connectivity index (χ2v) is 6.75. The van der Waals surface area contributed by atoms with Gasteiger partial charge in [-0.1, -0.05) is 43.7 Å². The molecule has 1 nitrogen and oxygen atoms in total. The van der Waals surface area contributed by atoms with Gasteiger partial charge < -0.3 is 5.32 Å². The molecule has 2 aromatic rings. The summed E-state index contributed by atoms with van der Waals surface area (Å²) < 4.78 is 0. The highest BCUT2D eigenvalue weighted by Gasteiger charge is 2.26. The van der Waals surface area contributed by atoms with Crippen molar-refractivity contribution in [1.82, 2.24) is 0 Å². The molecule has 0 saturated heterocycles. The third-order valence-electron chi connectivity index (χ3n) is 3.93. The van der Waals surface area contributed by atoms with Gasteiger partial charge in [-0.05, 0) is 41.5 Å². The predicted octanol–water partition coefficient (Wildman–Crippen LogP) is 4.93. The molecule has 0 bridgehead atoms. The van der Waals surface area contributed by atoms with Gasteiger partial charge in [0.1, 0.15) is 0 Å². The minimum atomic E-state index is 0.645. The zero-order valence-corrected chi connectivity index (χ0v) is 12.2. The number of thioether (sulfide) groups is 1. The summed E-state index contributed by atoms with van der Waals surface area (Å²) >= 11 is 2.11. The lowest BCUT2D eigenvalue weighted by Crippen LogP contribution is -2.26. The van der Waals surface area contributed by atoms with E-state index >= 15 is 0 Å². The van der Waals surface area contributed by atoms with Crippen molar-refractivity contribution in [1.29, 1.82) is 0 Å². The van der Waals surface area contributed by atoms with E-state index in [1.165, 1.54) is 41.5 Å². The molecule has 0 radical (unpaired) electrons. The fourth-order valence-electron chi connectivity index (χ4n) is 3.00. The Hall–Kier alpha value is -1.15. The second-order valence-electron chi connectivity index (χ2n) is 5.24. The van der Waals surface area contributed by atoms with E-state index in [-0.39, 0.29) is 0 Å². The van der Waals surface area contributed by atoms with E-state index in [1.54, 1.807) is 0 Å². The standard InChI is InChI=1S/C17H21NS/c1-2-19-17-9-5-8-16(17)18-15-11-10-13-6-3-4-7-14(13)12-15/h3-4,6-7,10-12,16-18H,2,5,8-9H2,1H3. The summed E-state index contributed by atoms with van der Waals surface area (Å²) in [4.78, 5) is 0. The molecular weight excluding hydrogens is 250 g/mol. The molecule has 1 saturated carbocycles. The minimum Gasteiger partial charge on any atom is -0.381 e. The molecule has 2 heteroatoms. The number of nitrogens with one attached hydrogen (secondary N) is 1. The highest BCUT2D eigenvalue weighted by atomic mass is 32.2. The van der Waals surface area contributed by atoms with Crippen molar-refractivity contribution in [2.75, 3.05) is 11.1 Å². The number of hydrogen-bond donors (Lipinski definition) is 1. The van der Waals surface area contributed by atoms with Crippen molar-refractivity contribution in [2.45, 2.75) is 37.5 Å². The molecule has 2 atom stereocenters. The fraction of sp³-hybridized carbons (Fsp3) is 0.412. The first-order chi connectivity index (χ1) is 9.36. The summed E-state index contributed by atoms with van der Waals surface area (Å²) in [5.74, 6) is 1.22. The lowest BCUT2D eigenvalue weighted by molar-refractivity contribution is 0.768. The Labute approximate surface area is 119 Å². The maximum Gasteiger partial charge on any atom is 0.0380 e. The van der Waals surface area contributed by atoms with Gasteiger partial charge in [0.25, 0.3) is 0 Å². The van der Waals surface area contributed by atoms with Crippen LogP contribution in [0.15, 0.2) is 42.5 Å². The Morgan fingerprint density at radius 2 is 1.95 bits per heavy atom. The van der Waals surface area contributed by atoms with Crippen LogP contribution in [0.1, 0.15) is 26.2 Å². The van der Waals surface area contributed by atoms with Gasteiger partial charge in [-0.15, -0.1) is 0 Å². The van der Waals surface area contributed by atoms with Crippen LogP contribution in [-0.2, 0) is 0 Å². The largest absolute Gasteiger partial charge is 0.381 e. The topological polar surface area (TPSA) is 12.0 Å². The summed E-state index contributed by atoms with van der Waals surface area (Å²) in [5, 5.41) is 7.18. The van der Waals surface area contributed by atoms with E-state index in [0.29, 0.717) is 6.04 Å². The zero-order valence-electron chi connectivity index (χ0n) is 11.4. The molecule has 0 amide bonds. The van der Waals surface area contributed by atoms with Crippen LogP contribution in [0.5, 0.6) is 0 Å². The van der Waals surface area contributed by atoms with Crippen molar-refractivity contribution >= 4 is 28.2 Å². The van der Waals surface area contributed by atoms with Gasteiger partial charge in [-0.3, -0.25) is 0 Å². The predicted molar refractivity (Wildman–Crippen MR) is 87.1 cm³/mol. The van der Waals surface area contributed by atoms with Crippen molar-refractivity contribution < 1.29 is 0 Å². The average molecular weight is 271 g/mol. The third-order valence-corrected chi connectivity index (χ3v) is 5.26. The van der Waals surface area contributed by atoms with Gasteiger partial charge in [0.15, 0.2) is 0 Å². The highest BCUT2D eigenvalue weighted by Crippen LogP contribution is 2.32. The summed E-state index contributed by atoms with van der Waals surface area (Å²) in [7, 11) is 0.